The van der Waals surface area contributed by atoms with E-state index in [1.54, 1.807) is 31.4 Å². The first-order valence-corrected chi connectivity index (χ1v) is 11.0. The molecule has 2 aliphatic rings. The highest BCUT2D eigenvalue weighted by Gasteiger charge is 2.60. The molecule has 2 amide bonds. The van der Waals surface area contributed by atoms with Gasteiger partial charge in [-0.05, 0) is 61.6 Å². The van der Waals surface area contributed by atoms with E-state index >= 15 is 0 Å². The third kappa shape index (κ3) is 3.79. The molecule has 31 heavy (non-hydrogen) atoms. The van der Waals surface area contributed by atoms with Crippen molar-refractivity contribution in [3.63, 3.8) is 0 Å². The van der Waals surface area contributed by atoms with Gasteiger partial charge in [0.2, 0.25) is 11.8 Å². The molecule has 3 N–H and O–H groups in total. The molecule has 0 aromatic heterocycles. The van der Waals surface area contributed by atoms with Crippen molar-refractivity contribution in [2.24, 2.45) is 11.8 Å². The lowest BCUT2D eigenvalue weighted by Crippen LogP contribution is -2.52. The van der Waals surface area contributed by atoms with Crippen LogP contribution in [0.5, 0.6) is 5.75 Å². The van der Waals surface area contributed by atoms with Gasteiger partial charge in [0.15, 0.2) is 0 Å². The van der Waals surface area contributed by atoms with Gasteiger partial charge < -0.3 is 15.4 Å². The zero-order chi connectivity index (χ0) is 22.3. The summed E-state index contributed by atoms with van der Waals surface area (Å²) in [6.45, 7) is 6.22. The number of aryl methyl sites for hydroxylation is 1. The Hall–Kier alpha value is -2.57. The second-order valence-corrected chi connectivity index (χ2v) is 9.32. The van der Waals surface area contributed by atoms with E-state index in [9.17, 15) is 9.59 Å². The summed E-state index contributed by atoms with van der Waals surface area (Å²) in [5, 5.41) is 9.96. The molecule has 1 saturated heterocycles. The number of hydrogen-bond donors (Lipinski definition) is 3. The molecule has 0 saturated carbocycles. The summed E-state index contributed by atoms with van der Waals surface area (Å²) in [6.07, 6.45) is 1.44. The summed E-state index contributed by atoms with van der Waals surface area (Å²) in [7, 11) is 1.60. The number of benzene rings is 2. The zero-order valence-electron chi connectivity index (χ0n) is 18.2. The Balaban J connectivity index is 1.72. The molecule has 2 heterocycles. The molecule has 1 spiro atoms. The summed E-state index contributed by atoms with van der Waals surface area (Å²) in [5.41, 5.74) is 1.82. The number of fused-ring (bicyclic) bond motifs is 2. The fourth-order valence-corrected chi connectivity index (χ4v) is 5.20. The van der Waals surface area contributed by atoms with Gasteiger partial charge in [0.25, 0.3) is 0 Å². The van der Waals surface area contributed by atoms with Gasteiger partial charge in [-0.2, -0.15) is 0 Å². The molecule has 7 heteroatoms. The first kappa shape index (κ1) is 21.7. The zero-order valence-corrected chi connectivity index (χ0v) is 19.0. The van der Waals surface area contributed by atoms with Crippen LogP contribution in [0, 0.1) is 18.8 Å². The van der Waals surface area contributed by atoms with Crippen LogP contribution in [-0.4, -0.2) is 25.0 Å². The number of nitrogens with one attached hydrogen (secondary N) is 3. The van der Waals surface area contributed by atoms with Crippen LogP contribution in [0.1, 0.15) is 37.8 Å². The summed E-state index contributed by atoms with van der Waals surface area (Å²) in [5.74, 6) is 0.157. The number of methoxy groups -OCH3 is 1. The lowest BCUT2D eigenvalue weighted by atomic mass is 9.79. The molecule has 0 aliphatic carbocycles. The summed E-state index contributed by atoms with van der Waals surface area (Å²) in [4.78, 5) is 26.9. The van der Waals surface area contributed by atoms with Crippen molar-refractivity contribution in [2.75, 3.05) is 17.7 Å². The number of hydrogen-bond acceptors (Lipinski definition) is 4. The Bertz CT molecular complexity index is 1020. The van der Waals surface area contributed by atoms with Crippen molar-refractivity contribution in [3.05, 3.63) is 52.5 Å². The topological polar surface area (TPSA) is 79.5 Å². The van der Waals surface area contributed by atoms with E-state index in [2.05, 4.69) is 29.8 Å². The van der Waals surface area contributed by atoms with E-state index < -0.39 is 11.5 Å². The van der Waals surface area contributed by atoms with Crippen molar-refractivity contribution < 1.29 is 14.3 Å². The van der Waals surface area contributed by atoms with E-state index in [4.69, 9.17) is 16.3 Å². The molecule has 1 fully saturated rings. The van der Waals surface area contributed by atoms with Crippen molar-refractivity contribution >= 4 is 34.8 Å². The molecule has 0 bridgehead atoms. The lowest BCUT2D eigenvalue weighted by molar-refractivity contribution is -0.130. The maximum Gasteiger partial charge on any atom is 0.250 e. The number of rotatable bonds is 5. The monoisotopic (exact) mass is 441 g/mol. The number of ether oxygens (including phenoxy) is 1. The fourth-order valence-electron chi connectivity index (χ4n) is 4.88. The Kier molecular flexibility index (Phi) is 5.71. The quantitative estimate of drug-likeness (QED) is 0.639. The maximum absolute atomic E-state index is 13.5. The first-order valence-electron chi connectivity index (χ1n) is 10.6. The molecule has 2 aliphatic heterocycles. The maximum atomic E-state index is 13.5. The van der Waals surface area contributed by atoms with Crippen LogP contribution >= 0.6 is 11.6 Å². The summed E-state index contributed by atoms with van der Waals surface area (Å²) < 4.78 is 5.19. The van der Waals surface area contributed by atoms with Crippen molar-refractivity contribution in [1.29, 1.82) is 0 Å². The fraction of sp³-hybridized carbons (Fsp3) is 0.417. The third-order valence-electron chi connectivity index (χ3n) is 6.16. The normalized spacial score (nSPS) is 24.4. The highest BCUT2D eigenvalue weighted by molar-refractivity contribution is 6.35. The van der Waals surface area contributed by atoms with Gasteiger partial charge in [-0.25, -0.2) is 0 Å². The van der Waals surface area contributed by atoms with E-state index in [1.165, 1.54) is 0 Å². The van der Waals surface area contributed by atoms with Crippen molar-refractivity contribution in [3.8, 4) is 5.75 Å². The van der Waals surface area contributed by atoms with Gasteiger partial charge in [0.1, 0.15) is 11.3 Å². The number of anilines is 2. The van der Waals surface area contributed by atoms with Crippen LogP contribution < -0.4 is 20.7 Å². The average Bonchev–Trinajstić information content (AvgIpc) is 3.22. The molecular formula is C24H28ClN3O3. The smallest absolute Gasteiger partial charge is 0.250 e. The summed E-state index contributed by atoms with van der Waals surface area (Å²) in [6, 6.07) is 11.0. The SMILES string of the molecule is COc1ccc(NC(=O)[C@H]2C[C@H](CC(C)C)N[C@]23C(=O)Nc2c(Cl)cc(C)cc23)cc1. The third-order valence-corrected chi connectivity index (χ3v) is 6.46. The Morgan fingerprint density at radius 1 is 1.29 bits per heavy atom. The number of carbonyl (C=O) groups is 2. The molecule has 2 aromatic rings. The molecule has 2 aromatic carbocycles. The second-order valence-electron chi connectivity index (χ2n) is 8.91. The predicted molar refractivity (Wildman–Crippen MR) is 123 cm³/mol. The number of amides is 2. The van der Waals surface area contributed by atoms with E-state index in [0.717, 1.165) is 17.5 Å². The average molecular weight is 442 g/mol. The van der Waals surface area contributed by atoms with Crippen LogP contribution in [0.15, 0.2) is 36.4 Å². The van der Waals surface area contributed by atoms with Gasteiger partial charge in [0, 0.05) is 17.3 Å². The molecule has 3 atom stereocenters. The van der Waals surface area contributed by atoms with E-state index in [1.807, 2.05) is 19.1 Å². The molecule has 4 rings (SSSR count). The highest BCUT2D eigenvalue weighted by Crippen LogP contribution is 2.50. The van der Waals surface area contributed by atoms with Crippen LogP contribution in [0.2, 0.25) is 5.02 Å². The number of carbonyl (C=O) groups excluding carboxylic acids is 2. The molecule has 164 valence electrons. The van der Waals surface area contributed by atoms with Crippen LogP contribution in [0.25, 0.3) is 0 Å². The molecule has 6 nitrogen and oxygen atoms in total. The van der Waals surface area contributed by atoms with Gasteiger partial charge in [-0.15, -0.1) is 0 Å². The van der Waals surface area contributed by atoms with Gasteiger partial charge in [-0.3, -0.25) is 14.9 Å². The van der Waals surface area contributed by atoms with Crippen LogP contribution in [0.4, 0.5) is 11.4 Å². The predicted octanol–water partition coefficient (Wildman–Crippen LogP) is 4.47. The van der Waals surface area contributed by atoms with E-state index in [-0.39, 0.29) is 17.9 Å². The largest absolute Gasteiger partial charge is 0.497 e. The number of halogens is 1. The van der Waals surface area contributed by atoms with Crippen LogP contribution in [-0.2, 0) is 15.1 Å². The van der Waals surface area contributed by atoms with Crippen LogP contribution in [0.3, 0.4) is 0 Å². The van der Waals surface area contributed by atoms with Crippen molar-refractivity contribution in [1.82, 2.24) is 5.32 Å². The minimum Gasteiger partial charge on any atom is -0.497 e. The van der Waals surface area contributed by atoms with Gasteiger partial charge >= 0.3 is 0 Å². The minimum absolute atomic E-state index is 0.0441. The minimum atomic E-state index is -1.14. The molecule has 0 radical (unpaired) electrons. The standard InChI is InChI=1S/C24H28ClN3O3/c1-13(2)9-16-12-19(22(29)26-15-5-7-17(31-4)8-6-15)24(28-16)18-10-14(3)11-20(25)21(18)27-23(24)30/h5-8,10-11,13,16,19,28H,9,12H2,1-4H3,(H,26,29)(H,27,30)/t16-,19+,24-/m0/s1. The summed E-state index contributed by atoms with van der Waals surface area (Å²) >= 11 is 6.45. The van der Waals surface area contributed by atoms with Gasteiger partial charge in [-0.1, -0.05) is 31.5 Å². The first-order chi connectivity index (χ1) is 14.7. The Morgan fingerprint density at radius 3 is 2.65 bits per heavy atom. The van der Waals surface area contributed by atoms with Gasteiger partial charge in [0.05, 0.1) is 23.7 Å². The lowest BCUT2D eigenvalue weighted by Gasteiger charge is -2.29. The molecular weight excluding hydrogens is 414 g/mol. The highest BCUT2D eigenvalue weighted by atomic mass is 35.5. The Labute approximate surface area is 187 Å². The molecule has 0 unspecified atom stereocenters. The van der Waals surface area contributed by atoms with E-state index in [0.29, 0.717) is 34.5 Å². The van der Waals surface area contributed by atoms with Crippen molar-refractivity contribution in [2.45, 2.75) is 45.2 Å². The second kappa shape index (κ2) is 8.17. The Morgan fingerprint density at radius 2 is 2.00 bits per heavy atom.